The van der Waals surface area contributed by atoms with Crippen LogP contribution < -0.4 is 10.6 Å². The van der Waals surface area contributed by atoms with E-state index in [4.69, 9.17) is 0 Å². The predicted molar refractivity (Wildman–Crippen MR) is 37.7 cm³/mol. The van der Waals surface area contributed by atoms with Gasteiger partial charge in [0.15, 0.2) is 0 Å². The second kappa shape index (κ2) is 2.47. The molecular formula is C7H13FN2. The van der Waals surface area contributed by atoms with Crippen LogP contribution in [0.2, 0.25) is 0 Å². The van der Waals surface area contributed by atoms with Gasteiger partial charge >= 0.3 is 0 Å². The third-order valence-electron chi connectivity index (χ3n) is 2.44. The summed E-state index contributed by atoms with van der Waals surface area (Å²) in [6.45, 7) is 1.48. The smallest absolute Gasteiger partial charge is 0.128 e. The Hall–Kier alpha value is -0.150. The Labute approximate surface area is 60.2 Å². The molecule has 0 spiro atoms. The fourth-order valence-corrected chi connectivity index (χ4v) is 1.83. The van der Waals surface area contributed by atoms with Gasteiger partial charge in [0.1, 0.15) is 6.17 Å². The van der Waals surface area contributed by atoms with E-state index in [9.17, 15) is 4.39 Å². The number of nitrogens with one attached hydrogen (secondary N) is 2. The van der Waals surface area contributed by atoms with Crippen LogP contribution in [0.3, 0.4) is 0 Å². The lowest BCUT2D eigenvalue weighted by molar-refractivity contribution is 0.267. The molecule has 0 radical (unpaired) electrons. The molecule has 2 heterocycles. The van der Waals surface area contributed by atoms with Gasteiger partial charge in [-0.05, 0) is 12.8 Å². The lowest BCUT2D eigenvalue weighted by Crippen LogP contribution is -2.35. The minimum atomic E-state index is -0.674. The minimum absolute atomic E-state index is 0.139. The molecule has 3 unspecified atom stereocenters. The van der Waals surface area contributed by atoms with E-state index in [0.29, 0.717) is 12.6 Å². The van der Waals surface area contributed by atoms with Crippen LogP contribution >= 0.6 is 0 Å². The van der Waals surface area contributed by atoms with Crippen LogP contribution in [-0.4, -0.2) is 31.3 Å². The Morgan fingerprint density at radius 3 is 3.00 bits per heavy atom. The molecule has 2 aliphatic heterocycles. The molecular weight excluding hydrogens is 131 g/mol. The highest BCUT2D eigenvalue weighted by molar-refractivity contribution is 4.93. The summed E-state index contributed by atoms with van der Waals surface area (Å²) in [7, 11) is 0. The third-order valence-corrected chi connectivity index (χ3v) is 2.44. The van der Waals surface area contributed by atoms with Gasteiger partial charge in [-0.15, -0.1) is 0 Å². The molecule has 58 valence electrons. The van der Waals surface area contributed by atoms with E-state index in [1.807, 2.05) is 0 Å². The van der Waals surface area contributed by atoms with E-state index in [2.05, 4.69) is 10.6 Å². The molecule has 0 aromatic heterocycles. The van der Waals surface area contributed by atoms with E-state index in [0.717, 1.165) is 19.4 Å². The molecule has 3 atom stereocenters. The van der Waals surface area contributed by atoms with Crippen molar-refractivity contribution >= 4 is 0 Å². The maximum absolute atomic E-state index is 13.0. The molecule has 2 fully saturated rings. The summed E-state index contributed by atoms with van der Waals surface area (Å²) < 4.78 is 13.0. The lowest BCUT2D eigenvalue weighted by Gasteiger charge is -2.12. The molecule has 2 rings (SSSR count). The summed E-state index contributed by atoms with van der Waals surface area (Å²) in [5, 5.41) is 6.36. The standard InChI is InChI=1S/C7H13FN2/c8-6-4-9-3-5-1-2-7(6)10-5/h5-7,9-10H,1-4H2. The zero-order chi connectivity index (χ0) is 6.97. The first kappa shape index (κ1) is 6.55. The van der Waals surface area contributed by atoms with Crippen molar-refractivity contribution in [3.05, 3.63) is 0 Å². The van der Waals surface area contributed by atoms with Crippen molar-refractivity contribution < 1.29 is 4.39 Å². The van der Waals surface area contributed by atoms with Crippen molar-refractivity contribution in [2.45, 2.75) is 31.1 Å². The zero-order valence-electron chi connectivity index (χ0n) is 5.94. The normalized spacial score (nSPS) is 47.1. The molecule has 10 heavy (non-hydrogen) atoms. The first-order valence-corrected chi connectivity index (χ1v) is 3.97. The number of hydrogen-bond donors (Lipinski definition) is 2. The molecule has 0 aliphatic carbocycles. The highest BCUT2D eigenvalue weighted by Gasteiger charge is 2.32. The summed E-state index contributed by atoms with van der Waals surface area (Å²) in [6.07, 6.45) is 1.48. The molecule has 2 aliphatic rings. The third kappa shape index (κ3) is 1.04. The SMILES string of the molecule is FC1CNCC2CCC1N2. The van der Waals surface area contributed by atoms with E-state index in [1.54, 1.807) is 0 Å². The number of alkyl halides is 1. The average Bonchev–Trinajstić information content (AvgIpc) is 2.27. The van der Waals surface area contributed by atoms with Gasteiger partial charge in [-0.1, -0.05) is 0 Å². The molecule has 0 amide bonds. The van der Waals surface area contributed by atoms with Gasteiger partial charge in [-0.2, -0.15) is 0 Å². The van der Waals surface area contributed by atoms with Gasteiger partial charge in [0.2, 0.25) is 0 Å². The zero-order valence-corrected chi connectivity index (χ0v) is 5.94. The topological polar surface area (TPSA) is 24.1 Å². The second-order valence-electron chi connectivity index (χ2n) is 3.22. The Morgan fingerprint density at radius 1 is 1.20 bits per heavy atom. The van der Waals surface area contributed by atoms with Crippen LogP contribution in [0.1, 0.15) is 12.8 Å². The van der Waals surface area contributed by atoms with Crippen molar-refractivity contribution in [2.75, 3.05) is 13.1 Å². The van der Waals surface area contributed by atoms with Gasteiger partial charge in [-0.3, -0.25) is 0 Å². The van der Waals surface area contributed by atoms with E-state index >= 15 is 0 Å². The monoisotopic (exact) mass is 144 g/mol. The summed E-state index contributed by atoms with van der Waals surface area (Å²) in [6, 6.07) is 0.672. The van der Waals surface area contributed by atoms with Gasteiger partial charge in [-0.25, -0.2) is 4.39 Å². The van der Waals surface area contributed by atoms with E-state index in [1.165, 1.54) is 0 Å². The van der Waals surface area contributed by atoms with Gasteiger partial charge in [0.25, 0.3) is 0 Å². The second-order valence-corrected chi connectivity index (χ2v) is 3.22. The van der Waals surface area contributed by atoms with Crippen LogP contribution in [0.25, 0.3) is 0 Å². The maximum Gasteiger partial charge on any atom is 0.128 e. The van der Waals surface area contributed by atoms with Crippen molar-refractivity contribution in [1.29, 1.82) is 0 Å². The molecule has 0 aromatic rings. The quantitative estimate of drug-likeness (QED) is 0.502. The Bertz CT molecular complexity index is 129. The van der Waals surface area contributed by atoms with Gasteiger partial charge in [0.05, 0.1) is 0 Å². The molecule has 2 nitrogen and oxygen atoms in total. The summed E-state index contributed by atoms with van der Waals surface area (Å²) in [5.74, 6) is 0. The van der Waals surface area contributed by atoms with Crippen LogP contribution in [0, 0.1) is 0 Å². The summed E-state index contributed by atoms with van der Waals surface area (Å²) in [4.78, 5) is 0. The van der Waals surface area contributed by atoms with E-state index in [-0.39, 0.29) is 6.04 Å². The van der Waals surface area contributed by atoms with Crippen LogP contribution in [0.15, 0.2) is 0 Å². The first-order chi connectivity index (χ1) is 4.86. The summed E-state index contributed by atoms with van der Waals surface area (Å²) >= 11 is 0. The fourth-order valence-electron chi connectivity index (χ4n) is 1.83. The number of fused-ring (bicyclic) bond motifs is 2. The average molecular weight is 144 g/mol. The van der Waals surface area contributed by atoms with Crippen LogP contribution in [0.5, 0.6) is 0 Å². The summed E-state index contributed by atoms with van der Waals surface area (Å²) in [5.41, 5.74) is 0. The van der Waals surface area contributed by atoms with E-state index < -0.39 is 6.17 Å². The Morgan fingerprint density at radius 2 is 2.10 bits per heavy atom. The first-order valence-electron chi connectivity index (χ1n) is 3.97. The van der Waals surface area contributed by atoms with Crippen molar-refractivity contribution in [1.82, 2.24) is 10.6 Å². The van der Waals surface area contributed by atoms with Crippen LogP contribution in [-0.2, 0) is 0 Å². The highest BCUT2D eigenvalue weighted by Crippen LogP contribution is 2.18. The highest BCUT2D eigenvalue weighted by atomic mass is 19.1. The molecule has 3 heteroatoms. The lowest BCUT2D eigenvalue weighted by atomic mass is 10.1. The molecule has 2 bridgehead atoms. The van der Waals surface area contributed by atoms with Gasteiger partial charge < -0.3 is 10.6 Å². The Kier molecular flexibility index (Phi) is 1.62. The molecule has 0 aromatic carbocycles. The number of halogens is 1. The molecule has 2 N–H and O–H groups in total. The maximum atomic E-state index is 13.0. The van der Waals surface area contributed by atoms with Crippen molar-refractivity contribution in [3.63, 3.8) is 0 Å². The molecule has 2 saturated heterocycles. The van der Waals surface area contributed by atoms with Crippen LogP contribution in [0.4, 0.5) is 4.39 Å². The minimum Gasteiger partial charge on any atom is -0.312 e. The Balaban J connectivity index is 2.03. The fraction of sp³-hybridized carbons (Fsp3) is 1.00. The molecule has 0 saturated carbocycles. The number of rotatable bonds is 0. The number of hydrogen-bond acceptors (Lipinski definition) is 2. The van der Waals surface area contributed by atoms with Crippen molar-refractivity contribution in [2.24, 2.45) is 0 Å². The van der Waals surface area contributed by atoms with Gasteiger partial charge in [0, 0.05) is 25.2 Å². The predicted octanol–water partition coefficient (Wildman–Crippen LogP) is 0.0483. The largest absolute Gasteiger partial charge is 0.312 e. The van der Waals surface area contributed by atoms with Crippen molar-refractivity contribution in [3.8, 4) is 0 Å².